The van der Waals surface area contributed by atoms with E-state index < -0.39 is 0 Å². The van der Waals surface area contributed by atoms with E-state index in [1.165, 1.54) is 12.0 Å². The molecule has 0 heterocycles. The number of Topliss-reactive ketones (excluding diaryl/α,β-unsaturated/α-hetero) is 1. The topological polar surface area (TPSA) is 37.3 Å². The van der Waals surface area contributed by atoms with E-state index in [1.807, 2.05) is 13.0 Å². The first-order valence-electron chi connectivity index (χ1n) is 6.84. The monoisotopic (exact) mass is 244 g/mol. The third-order valence-electron chi connectivity index (χ3n) is 5.04. The van der Waals surface area contributed by atoms with Gasteiger partial charge in [0.05, 0.1) is 5.56 Å². The van der Waals surface area contributed by atoms with E-state index in [0.717, 1.165) is 30.4 Å². The number of ketones is 1. The fraction of sp³-hybridized carbons (Fsp3) is 0.562. The molecule has 2 atom stereocenters. The van der Waals surface area contributed by atoms with Gasteiger partial charge in [-0.05, 0) is 49.3 Å². The molecule has 18 heavy (non-hydrogen) atoms. The summed E-state index contributed by atoms with van der Waals surface area (Å²) in [5, 5.41) is 10.3. The van der Waals surface area contributed by atoms with Crippen LogP contribution < -0.4 is 0 Å². The molecule has 0 aromatic heterocycles. The molecule has 2 nitrogen and oxygen atoms in total. The highest BCUT2D eigenvalue weighted by Crippen LogP contribution is 2.57. The van der Waals surface area contributed by atoms with Gasteiger partial charge in [0.25, 0.3) is 0 Å². The lowest BCUT2D eigenvalue weighted by molar-refractivity contribution is 0.0746. The van der Waals surface area contributed by atoms with Crippen molar-refractivity contribution in [3.05, 3.63) is 28.3 Å². The quantitative estimate of drug-likeness (QED) is 0.752. The largest absolute Gasteiger partial charge is 0.507 e. The van der Waals surface area contributed by atoms with Crippen molar-refractivity contribution in [2.75, 3.05) is 0 Å². The second-order valence-corrected chi connectivity index (χ2v) is 6.19. The zero-order valence-corrected chi connectivity index (χ0v) is 11.3. The minimum Gasteiger partial charge on any atom is -0.507 e. The average molecular weight is 244 g/mol. The van der Waals surface area contributed by atoms with Gasteiger partial charge in [0.1, 0.15) is 5.75 Å². The fourth-order valence-corrected chi connectivity index (χ4v) is 4.03. The molecule has 1 fully saturated rings. The summed E-state index contributed by atoms with van der Waals surface area (Å²) in [7, 11) is 0. The van der Waals surface area contributed by atoms with Gasteiger partial charge in [-0.15, -0.1) is 0 Å². The second kappa shape index (κ2) is 3.59. The van der Waals surface area contributed by atoms with Crippen LogP contribution in [0.15, 0.2) is 6.07 Å². The normalized spacial score (nSPS) is 30.2. The summed E-state index contributed by atoms with van der Waals surface area (Å²) in [6, 6.07) is 2.02. The molecule has 3 rings (SSSR count). The number of fused-ring (bicyclic) bond motifs is 3. The third-order valence-corrected chi connectivity index (χ3v) is 5.04. The summed E-state index contributed by atoms with van der Waals surface area (Å²) in [5.41, 5.74) is 3.48. The molecule has 2 heteroatoms. The van der Waals surface area contributed by atoms with Crippen molar-refractivity contribution in [2.45, 2.75) is 52.4 Å². The number of benzene rings is 1. The lowest BCUT2D eigenvalue weighted by Crippen LogP contribution is -2.30. The molecule has 96 valence electrons. The van der Waals surface area contributed by atoms with Gasteiger partial charge in [0.15, 0.2) is 5.78 Å². The van der Waals surface area contributed by atoms with E-state index in [4.69, 9.17) is 0 Å². The number of hydrogen-bond donors (Lipinski definition) is 1. The lowest BCUT2D eigenvalue weighted by Gasteiger charge is -2.35. The molecule has 0 radical (unpaired) electrons. The van der Waals surface area contributed by atoms with Crippen LogP contribution in [0.4, 0.5) is 0 Å². The number of aryl methyl sites for hydroxylation is 2. The Kier molecular flexibility index (Phi) is 2.35. The Balaban J connectivity index is 2.29. The van der Waals surface area contributed by atoms with Crippen LogP contribution in [0.2, 0.25) is 0 Å². The number of rotatable bonds is 0. The van der Waals surface area contributed by atoms with Gasteiger partial charge in [-0.1, -0.05) is 25.8 Å². The maximum atomic E-state index is 12.7. The zero-order chi connectivity index (χ0) is 13.1. The van der Waals surface area contributed by atoms with Crippen molar-refractivity contribution in [1.82, 2.24) is 0 Å². The van der Waals surface area contributed by atoms with Crippen LogP contribution in [-0.2, 0) is 0 Å². The molecule has 0 amide bonds. The number of aromatic hydroxyl groups is 1. The molecule has 1 aromatic carbocycles. The molecule has 1 N–H and O–H groups in total. The van der Waals surface area contributed by atoms with E-state index in [1.54, 1.807) is 0 Å². The highest BCUT2D eigenvalue weighted by molar-refractivity contribution is 6.08. The Morgan fingerprint density at radius 2 is 2.00 bits per heavy atom. The predicted octanol–water partition coefficient (Wildman–Crippen LogP) is 3.87. The van der Waals surface area contributed by atoms with Crippen molar-refractivity contribution in [3.63, 3.8) is 0 Å². The molecular formula is C16H20O2. The van der Waals surface area contributed by atoms with Crippen molar-refractivity contribution < 1.29 is 9.90 Å². The van der Waals surface area contributed by atoms with Crippen molar-refractivity contribution in [1.29, 1.82) is 0 Å². The minimum absolute atomic E-state index is 0.173. The Hall–Kier alpha value is -1.31. The Bertz CT molecular complexity index is 545. The molecule has 2 aliphatic rings. The first-order chi connectivity index (χ1) is 8.47. The van der Waals surface area contributed by atoms with E-state index in [-0.39, 0.29) is 16.9 Å². The van der Waals surface area contributed by atoms with Crippen molar-refractivity contribution in [3.8, 4) is 5.75 Å². The van der Waals surface area contributed by atoms with Gasteiger partial charge in [0.2, 0.25) is 0 Å². The first-order valence-corrected chi connectivity index (χ1v) is 6.84. The maximum Gasteiger partial charge on any atom is 0.173 e. The fourth-order valence-electron chi connectivity index (χ4n) is 4.03. The molecule has 1 aromatic rings. The Morgan fingerprint density at radius 3 is 2.72 bits per heavy atom. The Labute approximate surface area is 108 Å². The van der Waals surface area contributed by atoms with Crippen LogP contribution in [0, 0.1) is 19.3 Å². The van der Waals surface area contributed by atoms with E-state index in [0.29, 0.717) is 11.5 Å². The van der Waals surface area contributed by atoms with Crippen molar-refractivity contribution >= 4 is 5.78 Å². The maximum absolute atomic E-state index is 12.7. The average Bonchev–Trinajstić information content (AvgIpc) is 2.57. The van der Waals surface area contributed by atoms with Crippen molar-refractivity contribution in [2.24, 2.45) is 5.41 Å². The highest BCUT2D eigenvalue weighted by atomic mass is 16.3. The Morgan fingerprint density at radius 1 is 1.28 bits per heavy atom. The van der Waals surface area contributed by atoms with Crippen LogP contribution in [0.3, 0.4) is 0 Å². The van der Waals surface area contributed by atoms with Crippen LogP contribution in [-0.4, -0.2) is 10.9 Å². The van der Waals surface area contributed by atoms with E-state index in [9.17, 15) is 9.90 Å². The predicted molar refractivity (Wildman–Crippen MR) is 71.2 cm³/mol. The van der Waals surface area contributed by atoms with Crippen LogP contribution in [0.1, 0.15) is 65.6 Å². The minimum atomic E-state index is -0.267. The summed E-state index contributed by atoms with van der Waals surface area (Å²) < 4.78 is 0. The smallest absolute Gasteiger partial charge is 0.173 e. The summed E-state index contributed by atoms with van der Waals surface area (Å²) in [4.78, 5) is 12.7. The molecule has 0 aliphatic heterocycles. The second-order valence-electron chi connectivity index (χ2n) is 6.19. The third kappa shape index (κ3) is 1.26. The van der Waals surface area contributed by atoms with E-state index in [2.05, 4.69) is 13.8 Å². The lowest BCUT2D eigenvalue weighted by atomic mass is 9.67. The number of carbonyl (C=O) groups is 1. The summed E-state index contributed by atoms with van der Waals surface area (Å²) in [6.07, 6.45) is 4.37. The van der Waals surface area contributed by atoms with Crippen LogP contribution >= 0.6 is 0 Å². The van der Waals surface area contributed by atoms with Gasteiger partial charge in [-0.25, -0.2) is 0 Å². The SMILES string of the molecule is Cc1cc(C)c2c(c1O)C(=O)C1(C)CCCCC21. The molecule has 1 saturated carbocycles. The number of phenols is 1. The zero-order valence-electron chi connectivity index (χ0n) is 11.3. The molecule has 2 unspecified atom stereocenters. The van der Waals surface area contributed by atoms with Crippen LogP contribution in [0.25, 0.3) is 0 Å². The molecular weight excluding hydrogens is 224 g/mol. The molecule has 0 bridgehead atoms. The van der Waals surface area contributed by atoms with Gasteiger partial charge >= 0.3 is 0 Å². The summed E-state index contributed by atoms with van der Waals surface area (Å²) >= 11 is 0. The molecule has 2 aliphatic carbocycles. The highest BCUT2D eigenvalue weighted by Gasteiger charge is 2.52. The first kappa shape index (κ1) is 11.8. The summed E-state index contributed by atoms with van der Waals surface area (Å²) in [5.74, 6) is 0.711. The molecule has 0 spiro atoms. The number of hydrogen-bond acceptors (Lipinski definition) is 2. The number of phenolic OH excluding ortho intramolecular Hbond substituents is 1. The summed E-state index contributed by atoms with van der Waals surface area (Å²) in [6.45, 7) is 6.03. The van der Waals surface area contributed by atoms with Gasteiger partial charge in [-0.3, -0.25) is 4.79 Å². The number of carbonyl (C=O) groups excluding carboxylic acids is 1. The van der Waals surface area contributed by atoms with Gasteiger partial charge in [0, 0.05) is 5.41 Å². The van der Waals surface area contributed by atoms with Crippen LogP contribution in [0.5, 0.6) is 5.75 Å². The van der Waals surface area contributed by atoms with Gasteiger partial charge in [-0.2, -0.15) is 0 Å². The standard InChI is InChI=1S/C16H20O2/c1-9-8-10(2)14(17)13-12(9)11-6-4-5-7-16(11,3)15(13)18/h8,11,17H,4-7H2,1-3H3. The molecule has 0 saturated heterocycles. The van der Waals surface area contributed by atoms with Gasteiger partial charge < -0.3 is 5.11 Å². The van der Waals surface area contributed by atoms with E-state index >= 15 is 0 Å².